The van der Waals surface area contributed by atoms with Gasteiger partial charge in [-0.15, -0.1) is 11.3 Å². The van der Waals surface area contributed by atoms with Crippen LogP contribution in [0.5, 0.6) is 0 Å². The van der Waals surface area contributed by atoms with Crippen LogP contribution in [-0.2, 0) is 23.3 Å². The van der Waals surface area contributed by atoms with Gasteiger partial charge < -0.3 is 16.0 Å². The monoisotopic (exact) mass is 339 g/mol. The second-order valence-corrected chi connectivity index (χ2v) is 7.85. The van der Waals surface area contributed by atoms with Crippen LogP contribution >= 0.6 is 11.3 Å². The third-order valence-corrected chi connectivity index (χ3v) is 6.38. The highest BCUT2D eigenvalue weighted by Crippen LogP contribution is 2.46. The van der Waals surface area contributed by atoms with Crippen molar-refractivity contribution in [3.63, 3.8) is 0 Å². The molecular weight excluding hydrogens is 322 g/mol. The van der Waals surface area contributed by atoms with E-state index in [0.717, 1.165) is 46.6 Å². The van der Waals surface area contributed by atoms with Gasteiger partial charge in [-0.3, -0.25) is 9.59 Å². The molecule has 3 aliphatic rings. The molecule has 3 N–H and O–H groups in total. The molecule has 6 heteroatoms. The molecule has 0 saturated heterocycles. The van der Waals surface area contributed by atoms with E-state index in [1.54, 1.807) is 11.3 Å². The molecule has 5 nitrogen and oxygen atoms in total. The van der Waals surface area contributed by atoms with Crippen LogP contribution in [0.1, 0.15) is 44.8 Å². The van der Waals surface area contributed by atoms with Crippen LogP contribution in [0.4, 0.5) is 10.7 Å². The van der Waals surface area contributed by atoms with Crippen LogP contribution in [0, 0.1) is 6.92 Å². The smallest absolute Gasteiger partial charge is 0.275 e. The van der Waals surface area contributed by atoms with E-state index in [1.165, 1.54) is 16.9 Å². The van der Waals surface area contributed by atoms with E-state index in [4.69, 9.17) is 0 Å². The number of hydrogen-bond acceptors (Lipinski definition) is 4. The van der Waals surface area contributed by atoms with Crippen molar-refractivity contribution >= 4 is 33.8 Å². The second-order valence-electron chi connectivity index (χ2n) is 6.75. The maximum atomic E-state index is 12.9. The zero-order valence-corrected chi connectivity index (χ0v) is 14.1. The number of aryl methyl sites for hydroxylation is 2. The van der Waals surface area contributed by atoms with Gasteiger partial charge in [-0.05, 0) is 50.3 Å². The predicted molar refractivity (Wildman–Crippen MR) is 93.5 cm³/mol. The SMILES string of the molecule is Cc1ccc2c(c1)C1(NC(=O)c3c(sc4c3CCCC4)N1)C(=O)N2. The van der Waals surface area contributed by atoms with Crippen LogP contribution < -0.4 is 16.0 Å². The summed E-state index contributed by atoms with van der Waals surface area (Å²) in [6.45, 7) is 1.98. The van der Waals surface area contributed by atoms with Gasteiger partial charge >= 0.3 is 0 Å². The molecule has 24 heavy (non-hydrogen) atoms. The first-order valence-electron chi connectivity index (χ1n) is 8.26. The van der Waals surface area contributed by atoms with Crippen molar-refractivity contribution in [1.29, 1.82) is 0 Å². The summed E-state index contributed by atoms with van der Waals surface area (Å²) in [7, 11) is 0. The average Bonchev–Trinajstić information content (AvgIpc) is 3.05. The number of rotatable bonds is 0. The number of carbonyl (C=O) groups is 2. The van der Waals surface area contributed by atoms with Crippen molar-refractivity contribution in [3.8, 4) is 0 Å². The lowest BCUT2D eigenvalue weighted by atomic mass is 9.92. The number of thiophene rings is 1. The molecule has 5 rings (SSSR count). The minimum atomic E-state index is -1.20. The molecule has 1 spiro atoms. The first kappa shape index (κ1) is 14.0. The minimum Gasteiger partial charge on any atom is -0.342 e. The van der Waals surface area contributed by atoms with E-state index in [1.807, 2.05) is 25.1 Å². The van der Waals surface area contributed by atoms with Gasteiger partial charge in [0.2, 0.25) is 5.66 Å². The maximum Gasteiger partial charge on any atom is 0.275 e. The first-order chi connectivity index (χ1) is 11.6. The highest BCUT2D eigenvalue weighted by atomic mass is 32.1. The van der Waals surface area contributed by atoms with Gasteiger partial charge in [0.05, 0.1) is 5.56 Å². The second kappa shape index (κ2) is 4.60. The van der Waals surface area contributed by atoms with E-state index in [2.05, 4.69) is 16.0 Å². The number of benzene rings is 1. The molecule has 0 radical (unpaired) electrons. The standard InChI is InChI=1S/C18H17N3O2S/c1-9-6-7-12-11(8-9)18(17(23)19-12)20-15(22)14-10-4-2-3-5-13(10)24-16(14)21-18/h6-8,21H,2-5H2,1H3,(H,19,23)(H,20,22). The van der Waals surface area contributed by atoms with Crippen molar-refractivity contribution in [1.82, 2.24) is 5.32 Å². The summed E-state index contributed by atoms with van der Waals surface area (Å²) >= 11 is 1.63. The Labute approximate surface area is 143 Å². The lowest BCUT2D eigenvalue weighted by Gasteiger charge is -2.34. The summed E-state index contributed by atoms with van der Waals surface area (Å²) in [5.74, 6) is -0.374. The van der Waals surface area contributed by atoms with E-state index in [-0.39, 0.29) is 11.8 Å². The van der Waals surface area contributed by atoms with Gasteiger partial charge in [0.15, 0.2) is 0 Å². The Bertz CT molecular complexity index is 917. The van der Waals surface area contributed by atoms with Gasteiger partial charge in [0.1, 0.15) is 5.00 Å². The molecule has 0 fully saturated rings. The largest absolute Gasteiger partial charge is 0.342 e. The van der Waals surface area contributed by atoms with Gasteiger partial charge in [0.25, 0.3) is 11.8 Å². The third-order valence-electron chi connectivity index (χ3n) is 5.17. The molecular formula is C18H17N3O2S. The summed E-state index contributed by atoms with van der Waals surface area (Å²) in [6.07, 6.45) is 4.26. The number of carbonyl (C=O) groups excluding carboxylic acids is 2. The van der Waals surface area contributed by atoms with Crippen molar-refractivity contribution < 1.29 is 9.59 Å². The summed E-state index contributed by atoms with van der Waals surface area (Å²) in [5, 5.41) is 10.0. The van der Waals surface area contributed by atoms with Crippen molar-refractivity contribution in [3.05, 3.63) is 45.3 Å². The van der Waals surface area contributed by atoms with Crippen molar-refractivity contribution in [2.75, 3.05) is 10.6 Å². The van der Waals surface area contributed by atoms with Crippen molar-refractivity contribution in [2.45, 2.75) is 38.3 Å². The fraction of sp³-hybridized carbons (Fsp3) is 0.333. The number of hydrogen-bond donors (Lipinski definition) is 3. The Balaban J connectivity index is 1.68. The number of nitrogens with one attached hydrogen (secondary N) is 3. The highest BCUT2D eigenvalue weighted by molar-refractivity contribution is 7.16. The Morgan fingerprint density at radius 1 is 1.12 bits per heavy atom. The summed E-state index contributed by atoms with van der Waals surface area (Å²) in [5.41, 5.74) is 3.31. The molecule has 1 atom stereocenters. The first-order valence-corrected chi connectivity index (χ1v) is 9.08. The molecule has 1 aromatic carbocycles. The minimum absolute atomic E-state index is 0.146. The molecule has 1 aliphatic carbocycles. The molecule has 2 aliphatic heterocycles. The lowest BCUT2D eigenvalue weighted by Crippen LogP contribution is -2.58. The molecule has 2 aromatic rings. The Hall–Kier alpha value is -2.34. The molecule has 1 aromatic heterocycles. The maximum absolute atomic E-state index is 12.9. The zero-order valence-electron chi connectivity index (χ0n) is 13.3. The summed E-state index contributed by atoms with van der Waals surface area (Å²) in [4.78, 5) is 26.9. The molecule has 0 bridgehead atoms. The van der Waals surface area contributed by atoms with Crippen molar-refractivity contribution in [2.24, 2.45) is 0 Å². The number of anilines is 2. The highest BCUT2D eigenvalue weighted by Gasteiger charge is 2.52. The normalized spacial score (nSPS) is 23.9. The molecule has 1 unspecified atom stereocenters. The topological polar surface area (TPSA) is 70.2 Å². The molecule has 122 valence electrons. The van der Waals surface area contributed by atoms with Gasteiger partial charge in [-0.1, -0.05) is 11.6 Å². The van der Waals surface area contributed by atoms with Gasteiger partial charge in [-0.25, -0.2) is 0 Å². The van der Waals surface area contributed by atoms with Crippen LogP contribution in [0.15, 0.2) is 18.2 Å². The predicted octanol–water partition coefficient (Wildman–Crippen LogP) is 2.90. The molecule has 2 amide bonds. The van der Waals surface area contributed by atoms with Gasteiger partial charge in [-0.2, -0.15) is 0 Å². The van der Waals surface area contributed by atoms with E-state index >= 15 is 0 Å². The molecule has 3 heterocycles. The third kappa shape index (κ3) is 1.69. The number of fused-ring (bicyclic) bond motifs is 5. The van der Waals surface area contributed by atoms with Crippen LogP contribution in [0.3, 0.4) is 0 Å². The lowest BCUT2D eigenvalue weighted by molar-refractivity contribution is -0.120. The van der Waals surface area contributed by atoms with E-state index in [9.17, 15) is 9.59 Å². The summed E-state index contributed by atoms with van der Waals surface area (Å²) < 4.78 is 0. The quantitative estimate of drug-likeness (QED) is 0.691. The van der Waals surface area contributed by atoms with Crippen LogP contribution in [-0.4, -0.2) is 11.8 Å². The van der Waals surface area contributed by atoms with Crippen LogP contribution in [0.2, 0.25) is 0 Å². The Kier molecular flexibility index (Phi) is 2.69. The molecule has 0 saturated carbocycles. The summed E-state index contributed by atoms with van der Waals surface area (Å²) in [6, 6.07) is 5.80. The average molecular weight is 339 g/mol. The zero-order chi connectivity index (χ0) is 16.5. The fourth-order valence-electron chi connectivity index (χ4n) is 3.99. The van der Waals surface area contributed by atoms with Crippen LogP contribution in [0.25, 0.3) is 0 Å². The fourth-order valence-corrected chi connectivity index (χ4v) is 5.33. The number of amides is 2. The van der Waals surface area contributed by atoms with E-state index < -0.39 is 5.66 Å². The Morgan fingerprint density at radius 2 is 1.96 bits per heavy atom. The Morgan fingerprint density at radius 3 is 2.83 bits per heavy atom. The van der Waals surface area contributed by atoms with Gasteiger partial charge in [0, 0.05) is 16.1 Å². The van der Waals surface area contributed by atoms with E-state index in [0.29, 0.717) is 0 Å².